The maximum atomic E-state index is 12.0. The Labute approximate surface area is 110 Å². The number of carbonyl (C=O) groups is 1. The van der Waals surface area contributed by atoms with Gasteiger partial charge in [0.15, 0.2) is 11.5 Å². The fourth-order valence-corrected chi connectivity index (χ4v) is 3.43. The minimum atomic E-state index is -3.78. The van der Waals surface area contributed by atoms with E-state index in [-0.39, 0.29) is 11.3 Å². The number of methoxy groups -OCH3 is 2. The molecule has 0 aromatic heterocycles. The van der Waals surface area contributed by atoms with E-state index in [0.29, 0.717) is 17.1 Å². The zero-order chi connectivity index (χ0) is 14.2. The van der Waals surface area contributed by atoms with Gasteiger partial charge < -0.3 is 15.2 Å². The zero-order valence-corrected chi connectivity index (χ0v) is 11.3. The smallest absolute Gasteiger partial charge is 0.241 e. The van der Waals surface area contributed by atoms with E-state index in [1.807, 2.05) is 0 Å². The van der Waals surface area contributed by atoms with Crippen molar-refractivity contribution in [3.05, 3.63) is 17.7 Å². The van der Waals surface area contributed by atoms with Gasteiger partial charge in [0.25, 0.3) is 0 Å². The Bertz CT molecular complexity index is 626. The van der Waals surface area contributed by atoms with Crippen molar-refractivity contribution in [3.63, 3.8) is 0 Å². The van der Waals surface area contributed by atoms with Gasteiger partial charge in [-0.05, 0) is 18.1 Å². The van der Waals surface area contributed by atoms with Crippen molar-refractivity contribution in [2.75, 3.05) is 14.2 Å². The van der Waals surface area contributed by atoms with Crippen LogP contribution in [0.3, 0.4) is 0 Å². The minimum Gasteiger partial charge on any atom is -0.493 e. The van der Waals surface area contributed by atoms with Gasteiger partial charge >= 0.3 is 0 Å². The lowest BCUT2D eigenvalue weighted by Crippen LogP contribution is -2.48. The number of hydrogen-bond donors (Lipinski definition) is 2. The molecule has 7 nitrogen and oxygen atoms in total. The molecule has 0 fully saturated rings. The summed E-state index contributed by atoms with van der Waals surface area (Å²) in [5, 5.41) is 0. The molecule has 1 aliphatic heterocycles. The molecule has 1 aromatic rings. The Morgan fingerprint density at radius 3 is 2.42 bits per heavy atom. The van der Waals surface area contributed by atoms with Gasteiger partial charge in [0.1, 0.15) is 6.04 Å². The standard InChI is InChI=1S/C11H14N2O5S/c1-17-8-4-6-3-7(11(12)14)13-19(15,16)10(6)5-9(8)18-2/h4-5,7,13H,3H2,1-2H3,(H2,12,14). The number of carbonyl (C=O) groups excluding carboxylic acids is 1. The molecule has 1 aliphatic rings. The highest BCUT2D eigenvalue weighted by atomic mass is 32.2. The summed E-state index contributed by atoms with van der Waals surface area (Å²) < 4.78 is 36.5. The number of nitrogens with two attached hydrogens (primary N) is 1. The van der Waals surface area contributed by atoms with Crippen molar-refractivity contribution in [1.82, 2.24) is 4.72 Å². The van der Waals surface area contributed by atoms with Crippen molar-refractivity contribution < 1.29 is 22.7 Å². The van der Waals surface area contributed by atoms with Gasteiger partial charge in [-0.1, -0.05) is 0 Å². The maximum Gasteiger partial charge on any atom is 0.241 e. The van der Waals surface area contributed by atoms with Crippen LogP contribution in [0.5, 0.6) is 11.5 Å². The van der Waals surface area contributed by atoms with Gasteiger partial charge in [-0.2, -0.15) is 4.72 Å². The number of primary amides is 1. The van der Waals surface area contributed by atoms with E-state index < -0.39 is 22.0 Å². The summed E-state index contributed by atoms with van der Waals surface area (Å²) in [6.07, 6.45) is 0.185. The van der Waals surface area contributed by atoms with Crippen LogP contribution in [0.4, 0.5) is 0 Å². The summed E-state index contributed by atoms with van der Waals surface area (Å²) in [5.41, 5.74) is 5.62. The third kappa shape index (κ3) is 2.36. The van der Waals surface area contributed by atoms with Crippen LogP contribution in [0, 0.1) is 0 Å². The summed E-state index contributed by atoms with van der Waals surface area (Å²) in [7, 11) is -0.914. The Morgan fingerprint density at radius 1 is 1.32 bits per heavy atom. The molecular formula is C11H14N2O5S. The summed E-state index contributed by atoms with van der Waals surface area (Å²) >= 11 is 0. The molecular weight excluding hydrogens is 272 g/mol. The van der Waals surface area contributed by atoms with E-state index in [9.17, 15) is 13.2 Å². The minimum absolute atomic E-state index is 0.0719. The summed E-state index contributed by atoms with van der Waals surface area (Å²) in [6.45, 7) is 0. The number of ether oxygens (including phenoxy) is 2. The highest BCUT2D eigenvalue weighted by Gasteiger charge is 2.33. The van der Waals surface area contributed by atoms with Gasteiger partial charge in [-0.15, -0.1) is 0 Å². The molecule has 19 heavy (non-hydrogen) atoms. The summed E-state index contributed by atoms with van der Waals surface area (Å²) in [5.74, 6) is -0.00488. The van der Waals surface area contributed by atoms with Gasteiger partial charge in [0, 0.05) is 6.07 Å². The second-order valence-electron chi connectivity index (χ2n) is 4.10. The van der Waals surface area contributed by atoms with Crippen LogP contribution >= 0.6 is 0 Å². The molecule has 1 aromatic carbocycles. The molecule has 0 saturated heterocycles. The molecule has 0 spiro atoms. The van der Waals surface area contributed by atoms with Gasteiger partial charge in [-0.3, -0.25) is 4.79 Å². The highest BCUT2D eigenvalue weighted by Crippen LogP contribution is 2.35. The van der Waals surface area contributed by atoms with Crippen molar-refractivity contribution in [1.29, 1.82) is 0 Å². The number of benzene rings is 1. The molecule has 0 aliphatic carbocycles. The number of nitrogens with one attached hydrogen (secondary N) is 1. The van der Waals surface area contributed by atoms with E-state index in [4.69, 9.17) is 15.2 Å². The van der Waals surface area contributed by atoms with E-state index in [1.54, 1.807) is 6.07 Å². The number of amides is 1. The predicted molar refractivity (Wildman–Crippen MR) is 66.6 cm³/mol. The third-order valence-electron chi connectivity index (χ3n) is 2.92. The van der Waals surface area contributed by atoms with Gasteiger partial charge in [0.05, 0.1) is 19.1 Å². The van der Waals surface area contributed by atoms with Crippen LogP contribution in [-0.2, 0) is 21.2 Å². The molecule has 1 heterocycles. The Kier molecular flexibility index (Phi) is 3.38. The maximum absolute atomic E-state index is 12.0. The average Bonchev–Trinajstić information content (AvgIpc) is 2.36. The number of fused-ring (bicyclic) bond motifs is 1. The van der Waals surface area contributed by atoms with Crippen LogP contribution in [0.1, 0.15) is 5.56 Å². The number of hydrogen-bond acceptors (Lipinski definition) is 5. The van der Waals surface area contributed by atoms with E-state index in [0.717, 1.165) is 0 Å². The lowest BCUT2D eigenvalue weighted by atomic mass is 10.0. The number of rotatable bonds is 3. The first kappa shape index (κ1) is 13.6. The predicted octanol–water partition coefficient (Wildman–Crippen LogP) is -0.608. The average molecular weight is 286 g/mol. The van der Waals surface area contributed by atoms with Gasteiger partial charge in [0.2, 0.25) is 15.9 Å². The quantitative estimate of drug-likeness (QED) is 0.771. The molecule has 104 valence electrons. The molecule has 1 unspecified atom stereocenters. The van der Waals surface area contributed by atoms with Crippen LogP contribution in [0.2, 0.25) is 0 Å². The second kappa shape index (κ2) is 4.71. The molecule has 3 N–H and O–H groups in total. The van der Waals surface area contributed by atoms with Crippen molar-refractivity contribution >= 4 is 15.9 Å². The molecule has 8 heteroatoms. The molecule has 1 atom stereocenters. The summed E-state index contributed by atoms with van der Waals surface area (Å²) in [6, 6.07) is 1.96. The second-order valence-corrected chi connectivity index (χ2v) is 5.78. The third-order valence-corrected chi connectivity index (χ3v) is 4.47. The molecule has 0 bridgehead atoms. The summed E-state index contributed by atoms with van der Waals surface area (Å²) in [4.78, 5) is 11.2. The van der Waals surface area contributed by atoms with Crippen LogP contribution in [0.25, 0.3) is 0 Å². The first-order valence-electron chi connectivity index (χ1n) is 5.45. The highest BCUT2D eigenvalue weighted by molar-refractivity contribution is 7.89. The SMILES string of the molecule is COc1cc2c(cc1OC)S(=O)(=O)NC(C(N)=O)C2. The first-order valence-corrected chi connectivity index (χ1v) is 6.94. The fraction of sp³-hybridized carbons (Fsp3) is 0.364. The lowest BCUT2D eigenvalue weighted by molar-refractivity contribution is -0.119. The molecule has 0 saturated carbocycles. The zero-order valence-electron chi connectivity index (χ0n) is 10.5. The van der Waals surface area contributed by atoms with Crippen LogP contribution < -0.4 is 19.9 Å². The van der Waals surface area contributed by atoms with Crippen molar-refractivity contribution in [2.24, 2.45) is 5.73 Å². The van der Waals surface area contributed by atoms with E-state index in [2.05, 4.69) is 4.72 Å². The largest absolute Gasteiger partial charge is 0.493 e. The first-order chi connectivity index (χ1) is 8.89. The normalized spacial score (nSPS) is 20.4. The van der Waals surface area contributed by atoms with Crippen molar-refractivity contribution in [2.45, 2.75) is 17.4 Å². The number of sulfonamides is 1. The van der Waals surface area contributed by atoms with Crippen molar-refractivity contribution in [3.8, 4) is 11.5 Å². The van der Waals surface area contributed by atoms with E-state index in [1.165, 1.54) is 20.3 Å². The van der Waals surface area contributed by atoms with Crippen LogP contribution in [0.15, 0.2) is 17.0 Å². The fourth-order valence-electron chi connectivity index (χ4n) is 1.98. The Hall–Kier alpha value is -1.80. The van der Waals surface area contributed by atoms with E-state index >= 15 is 0 Å². The Balaban J connectivity index is 2.60. The molecule has 2 rings (SSSR count). The molecule has 1 amide bonds. The lowest BCUT2D eigenvalue weighted by Gasteiger charge is -2.24. The van der Waals surface area contributed by atoms with Gasteiger partial charge in [-0.25, -0.2) is 8.42 Å². The van der Waals surface area contributed by atoms with Crippen LogP contribution in [-0.4, -0.2) is 34.6 Å². The monoisotopic (exact) mass is 286 g/mol. The topological polar surface area (TPSA) is 108 Å². The molecule has 0 radical (unpaired) electrons. The Morgan fingerprint density at radius 2 is 1.89 bits per heavy atom.